The molecule has 0 bridgehead atoms. The van der Waals surface area contributed by atoms with Crippen molar-refractivity contribution in [1.82, 2.24) is 0 Å². The zero-order valence-electron chi connectivity index (χ0n) is 11.7. The lowest BCUT2D eigenvalue weighted by Gasteiger charge is -2.27. The molecule has 1 aromatic carbocycles. The molecule has 0 N–H and O–H groups in total. The van der Waals surface area contributed by atoms with Crippen LogP contribution in [-0.4, -0.2) is 18.2 Å². The number of hydrogen-bond acceptors (Lipinski definition) is 2. The summed E-state index contributed by atoms with van der Waals surface area (Å²) in [6.07, 6.45) is 0.437. The lowest BCUT2D eigenvalue weighted by atomic mass is 10.2. The molecule has 0 aliphatic heterocycles. The smallest absolute Gasteiger partial charge is 0.414 e. The highest BCUT2D eigenvalue weighted by atomic mass is 35.5. The molecule has 0 unspecified atom stereocenters. The Bertz CT molecular complexity index is 455. The lowest BCUT2D eigenvalue weighted by Crippen LogP contribution is -2.37. The number of ether oxygens (including phenoxy) is 1. The standard InChI is InChI=1S/C14H19Cl2NO2/c1-5-8-17(13(18)19-14(2,3)4)10-6-7-11(15)12(16)9-10/h6-7,9H,5,8H2,1-4H3. The van der Waals surface area contributed by atoms with Crippen molar-refractivity contribution >= 4 is 35.0 Å². The number of carbonyl (C=O) groups is 1. The third-order valence-electron chi connectivity index (χ3n) is 2.28. The Labute approximate surface area is 124 Å². The van der Waals surface area contributed by atoms with E-state index in [4.69, 9.17) is 27.9 Å². The van der Waals surface area contributed by atoms with Gasteiger partial charge in [-0.1, -0.05) is 30.1 Å². The van der Waals surface area contributed by atoms with E-state index in [9.17, 15) is 4.79 Å². The highest BCUT2D eigenvalue weighted by Gasteiger charge is 2.23. The van der Waals surface area contributed by atoms with E-state index in [1.54, 1.807) is 23.1 Å². The topological polar surface area (TPSA) is 29.5 Å². The van der Waals surface area contributed by atoms with E-state index < -0.39 is 5.60 Å². The lowest BCUT2D eigenvalue weighted by molar-refractivity contribution is 0.0580. The normalized spacial score (nSPS) is 11.3. The minimum atomic E-state index is -0.528. The van der Waals surface area contributed by atoms with E-state index in [1.807, 2.05) is 27.7 Å². The fourth-order valence-corrected chi connectivity index (χ4v) is 1.81. The van der Waals surface area contributed by atoms with Crippen molar-refractivity contribution in [2.45, 2.75) is 39.7 Å². The summed E-state index contributed by atoms with van der Waals surface area (Å²) in [5, 5.41) is 0.884. The van der Waals surface area contributed by atoms with Gasteiger partial charge in [-0.25, -0.2) is 4.79 Å². The second-order valence-corrected chi connectivity index (χ2v) is 6.04. The molecule has 0 aliphatic rings. The van der Waals surface area contributed by atoms with Gasteiger partial charge in [-0.3, -0.25) is 4.90 Å². The number of carbonyl (C=O) groups excluding carboxylic acids is 1. The van der Waals surface area contributed by atoms with E-state index in [0.29, 0.717) is 22.3 Å². The van der Waals surface area contributed by atoms with Crippen LogP contribution in [-0.2, 0) is 4.74 Å². The molecule has 1 amide bonds. The first-order chi connectivity index (χ1) is 8.74. The number of amides is 1. The Balaban J connectivity index is 2.99. The van der Waals surface area contributed by atoms with Crippen molar-refractivity contribution in [3.05, 3.63) is 28.2 Å². The van der Waals surface area contributed by atoms with Crippen LogP contribution >= 0.6 is 23.2 Å². The predicted octanol–water partition coefficient (Wildman–Crippen LogP) is 5.14. The molecule has 19 heavy (non-hydrogen) atoms. The van der Waals surface area contributed by atoms with Gasteiger partial charge in [0.1, 0.15) is 5.60 Å². The summed E-state index contributed by atoms with van der Waals surface area (Å²) in [7, 11) is 0. The maximum absolute atomic E-state index is 12.2. The van der Waals surface area contributed by atoms with Gasteiger partial charge < -0.3 is 4.74 Å². The summed E-state index contributed by atoms with van der Waals surface area (Å²) >= 11 is 11.9. The van der Waals surface area contributed by atoms with Crippen LogP contribution in [0.2, 0.25) is 10.0 Å². The Kier molecular flexibility index (Phi) is 5.50. The average molecular weight is 304 g/mol. The minimum Gasteiger partial charge on any atom is -0.443 e. The van der Waals surface area contributed by atoms with E-state index in [-0.39, 0.29) is 6.09 Å². The van der Waals surface area contributed by atoms with Crippen molar-refractivity contribution in [2.24, 2.45) is 0 Å². The molecule has 1 aromatic rings. The second kappa shape index (κ2) is 6.49. The van der Waals surface area contributed by atoms with Gasteiger partial charge in [0.15, 0.2) is 0 Å². The van der Waals surface area contributed by atoms with Crippen LogP contribution in [0.3, 0.4) is 0 Å². The molecule has 106 valence electrons. The van der Waals surface area contributed by atoms with Gasteiger partial charge >= 0.3 is 6.09 Å². The molecule has 1 rings (SSSR count). The summed E-state index contributed by atoms with van der Waals surface area (Å²) in [5.74, 6) is 0. The van der Waals surface area contributed by atoms with Crippen molar-refractivity contribution in [1.29, 1.82) is 0 Å². The molecule has 0 heterocycles. The monoisotopic (exact) mass is 303 g/mol. The maximum Gasteiger partial charge on any atom is 0.414 e. The first-order valence-electron chi connectivity index (χ1n) is 6.20. The molecule has 5 heteroatoms. The number of nitrogens with zero attached hydrogens (tertiary/aromatic N) is 1. The highest BCUT2D eigenvalue weighted by molar-refractivity contribution is 6.42. The van der Waals surface area contributed by atoms with Gasteiger partial charge in [0.25, 0.3) is 0 Å². The molecule has 0 fully saturated rings. The van der Waals surface area contributed by atoms with E-state index >= 15 is 0 Å². The highest BCUT2D eigenvalue weighted by Crippen LogP contribution is 2.28. The van der Waals surface area contributed by atoms with Gasteiger partial charge in [-0.05, 0) is 45.4 Å². The Morgan fingerprint density at radius 2 is 1.89 bits per heavy atom. The maximum atomic E-state index is 12.2. The Morgan fingerprint density at radius 1 is 1.26 bits per heavy atom. The number of hydrogen-bond donors (Lipinski definition) is 0. The van der Waals surface area contributed by atoms with Gasteiger partial charge in [0.05, 0.1) is 10.0 Å². The summed E-state index contributed by atoms with van der Waals surface area (Å²) < 4.78 is 5.39. The number of benzene rings is 1. The van der Waals surface area contributed by atoms with Gasteiger partial charge in [-0.2, -0.15) is 0 Å². The number of halogens is 2. The third kappa shape index (κ3) is 4.92. The number of anilines is 1. The zero-order valence-corrected chi connectivity index (χ0v) is 13.2. The van der Waals surface area contributed by atoms with Gasteiger partial charge in [-0.15, -0.1) is 0 Å². The molecule has 0 spiro atoms. The van der Waals surface area contributed by atoms with Crippen LogP contribution in [0.15, 0.2) is 18.2 Å². The van der Waals surface area contributed by atoms with Crippen LogP contribution in [0.25, 0.3) is 0 Å². The fraction of sp³-hybridized carbons (Fsp3) is 0.500. The quantitative estimate of drug-likeness (QED) is 0.773. The van der Waals surface area contributed by atoms with Crippen molar-refractivity contribution in [2.75, 3.05) is 11.4 Å². The molecule has 3 nitrogen and oxygen atoms in total. The van der Waals surface area contributed by atoms with E-state index in [1.165, 1.54) is 0 Å². The molecule has 0 aromatic heterocycles. The molecule has 0 aliphatic carbocycles. The molecule has 0 saturated heterocycles. The summed E-state index contributed by atoms with van der Waals surface area (Å²) in [4.78, 5) is 13.7. The van der Waals surface area contributed by atoms with Crippen LogP contribution < -0.4 is 4.90 Å². The molecule has 0 radical (unpaired) electrons. The van der Waals surface area contributed by atoms with Crippen LogP contribution in [0.5, 0.6) is 0 Å². The van der Waals surface area contributed by atoms with Crippen molar-refractivity contribution in [3.8, 4) is 0 Å². The first-order valence-corrected chi connectivity index (χ1v) is 6.95. The van der Waals surface area contributed by atoms with Crippen molar-refractivity contribution in [3.63, 3.8) is 0 Å². The van der Waals surface area contributed by atoms with Gasteiger partial charge in [0.2, 0.25) is 0 Å². The molecular weight excluding hydrogens is 285 g/mol. The van der Waals surface area contributed by atoms with E-state index in [2.05, 4.69) is 0 Å². The van der Waals surface area contributed by atoms with Crippen LogP contribution in [0.4, 0.5) is 10.5 Å². The molecule has 0 saturated carbocycles. The molecule has 0 atom stereocenters. The SMILES string of the molecule is CCCN(C(=O)OC(C)(C)C)c1ccc(Cl)c(Cl)c1. The van der Waals surface area contributed by atoms with Crippen molar-refractivity contribution < 1.29 is 9.53 Å². The van der Waals surface area contributed by atoms with E-state index in [0.717, 1.165) is 6.42 Å². The fourth-order valence-electron chi connectivity index (χ4n) is 1.52. The largest absolute Gasteiger partial charge is 0.443 e. The van der Waals surface area contributed by atoms with Crippen LogP contribution in [0, 0.1) is 0 Å². The number of rotatable bonds is 3. The van der Waals surface area contributed by atoms with Gasteiger partial charge in [0, 0.05) is 12.2 Å². The third-order valence-corrected chi connectivity index (χ3v) is 3.01. The molecular formula is C14H19Cl2NO2. The first kappa shape index (κ1) is 16.1. The summed E-state index contributed by atoms with van der Waals surface area (Å²) in [6.45, 7) is 8.07. The second-order valence-electron chi connectivity index (χ2n) is 5.23. The van der Waals surface area contributed by atoms with Crippen LogP contribution in [0.1, 0.15) is 34.1 Å². The average Bonchev–Trinajstić information content (AvgIpc) is 2.27. The predicted molar refractivity (Wildman–Crippen MR) is 80.3 cm³/mol. The summed E-state index contributed by atoms with van der Waals surface area (Å²) in [5.41, 5.74) is 0.157. The Hall–Kier alpha value is -0.930. The minimum absolute atomic E-state index is 0.382. The Morgan fingerprint density at radius 3 is 2.37 bits per heavy atom. The summed E-state index contributed by atoms with van der Waals surface area (Å²) in [6, 6.07) is 5.10. The zero-order chi connectivity index (χ0) is 14.6.